The van der Waals surface area contributed by atoms with E-state index in [4.69, 9.17) is 39.4 Å². The van der Waals surface area contributed by atoms with Crippen LogP contribution in [-0.2, 0) is 45.0 Å². The lowest BCUT2D eigenvalue weighted by atomic mass is 9.95. The van der Waals surface area contributed by atoms with Crippen LogP contribution in [0.2, 0.25) is 0 Å². The van der Waals surface area contributed by atoms with E-state index in [9.17, 15) is 24.0 Å². The van der Waals surface area contributed by atoms with Crippen LogP contribution in [0.3, 0.4) is 0 Å². The average Bonchev–Trinajstić information content (AvgIpc) is 4.25. The number of ether oxygens (including phenoxy) is 3. The maximum Gasteiger partial charge on any atom is 0.407 e. The number of hydrogen-bond donors (Lipinski definition) is 4. The molecule has 0 radical (unpaired) electrons. The van der Waals surface area contributed by atoms with Crippen molar-refractivity contribution in [1.82, 2.24) is 65.0 Å². The summed E-state index contributed by atoms with van der Waals surface area (Å²) in [4.78, 5) is 93.3. The Morgan fingerprint density at radius 1 is 0.750 bits per heavy atom. The molecular formula is C48H56N14O10. The molecule has 24 heteroatoms. The number of benzene rings is 2. The first-order valence-electron chi connectivity index (χ1n) is 23.3. The van der Waals surface area contributed by atoms with Crippen LogP contribution in [0.15, 0.2) is 73.3 Å². The van der Waals surface area contributed by atoms with Gasteiger partial charge in [0, 0.05) is 13.1 Å². The maximum absolute atomic E-state index is 14.2. The third-order valence-corrected chi connectivity index (χ3v) is 13.1. The zero-order valence-electron chi connectivity index (χ0n) is 40.5. The van der Waals surface area contributed by atoms with Crippen LogP contribution in [0, 0.1) is 23.2 Å². The summed E-state index contributed by atoms with van der Waals surface area (Å²) in [5, 5.41) is 26.3. The van der Waals surface area contributed by atoms with Crippen molar-refractivity contribution in [3.63, 3.8) is 0 Å². The highest BCUT2D eigenvalue weighted by atomic mass is 17.2. The fourth-order valence-electron chi connectivity index (χ4n) is 9.12. The molecule has 24 nitrogen and oxygen atoms in total. The number of hydrogen-bond acceptors (Lipinski definition) is 17. The fraction of sp³-hybridized carbons (Fsp3) is 0.417. The number of amides is 3. The highest BCUT2D eigenvalue weighted by Gasteiger charge is 2.44. The summed E-state index contributed by atoms with van der Waals surface area (Å²) in [6, 6.07) is 13.5. The van der Waals surface area contributed by atoms with E-state index in [0.717, 1.165) is 33.6 Å². The van der Waals surface area contributed by atoms with E-state index < -0.39 is 36.1 Å². The second kappa shape index (κ2) is 22.2. The Bertz CT molecular complexity index is 2860. The summed E-state index contributed by atoms with van der Waals surface area (Å²) in [6.07, 6.45) is 7.47. The minimum Gasteiger partial charge on any atom is -0.464 e. The third kappa shape index (κ3) is 10.9. The fourth-order valence-corrected chi connectivity index (χ4v) is 9.12. The minimum absolute atomic E-state index is 0.0243. The molecule has 3 amide bonds. The standard InChI is InChI=1S/C48H56N14O10/c1-27(2)36(24-71-72-25-49)45(64)59-20-34(61-19-33(55-57-61)23-70-26-63)15-40(59)43-50-17-37(52-43)31-11-7-29(8-12-31)30-9-13-32(14-10-30)38-18-51-44(53-38)41-16-35(62-22-39(56-58-62)47(66)68-5)21-60(41)46(65)42(28(3)4)54-48(67)69-6/h7-14,17-19,22,25-28,34-36,40-42,49H,15-16,20-21,23-24H2,1-6H3,(H,50,52)(H,51,53)(H,54,67)/t34-,35-,36+,40+,41+,42+/m1/s1. The summed E-state index contributed by atoms with van der Waals surface area (Å²) < 4.78 is 17.7. The molecule has 4 aromatic heterocycles. The molecule has 2 aliphatic heterocycles. The van der Waals surface area contributed by atoms with Gasteiger partial charge in [-0.05, 0) is 46.9 Å². The number of aromatic amines is 2. The Morgan fingerprint density at radius 2 is 1.29 bits per heavy atom. The number of imidazole rings is 2. The molecule has 2 saturated heterocycles. The molecule has 6 heterocycles. The molecule has 6 atom stereocenters. The van der Waals surface area contributed by atoms with Crippen molar-refractivity contribution >= 4 is 36.7 Å². The second-order valence-electron chi connectivity index (χ2n) is 18.2. The predicted octanol–water partition coefficient (Wildman–Crippen LogP) is 5.01. The Morgan fingerprint density at radius 3 is 1.81 bits per heavy atom. The highest BCUT2D eigenvalue weighted by Crippen LogP contribution is 2.40. The summed E-state index contributed by atoms with van der Waals surface area (Å²) in [6.45, 7) is 8.31. The zero-order chi connectivity index (χ0) is 51.1. The van der Waals surface area contributed by atoms with E-state index in [1.165, 1.54) is 20.4 Å². The second-order valence-corrected chi connectivity index (χ2v) is 18.2. The number of alkyl carbamates (subject to hydrolysis) is 1. The number of carbonyl (C=O) groups is 5. The van der Waals surface area contributed by atoms with E-state index in [1.54, 1.807) is 37.8 Å². The van der Waals surface area contributed by atoms with Gasteiger partial charge in [-0.3, -0.25) is 19.8 Å². The van der Waals surface area contributed by atoms with Gasteiger partial charge >= 0.3 is 12.1 Å². The Labute approximate surface area is 413 Å². The van der Waals surface area contributed by atoms with Crippen LogP contribution < -0.4 is 5.32 Å². The molecule has 378 valence electrons. The van der Waals surface area contributed by atoms with Gasteiger partial charge in [-0.25, -0.2) is 28.9 Å². The van der Waals surface area contributed by atoms with Gasteiger partial charge in [0.15, 0.2) is 5.69 Å². The summed E-state index contributed by atoms with van der Waals surface area (Å²) >= 11 is 0. The predicted molar refractivity (Wildman–Crippen MR) is 254 cm³/mol. The lowest BCUT2D eigenvalue weighted by Gasteiger charge is -2.29. The highest BCUT2D eigenvalue weighted by molar-refractivity contribution is 5.87. The molecule has 0 aliphatic carbocycles. The number of nitrogens with one attached hydrogen (secondary N) is 4. The maximum atomic E-state index is 14.2. The van der Waals surface area contributed by atoms with Crippen molar-refractivity contribution in [3.8, 4) is 33.6 Å². The van der Waals surface area contributed by atoms with E-state index in [2.05, 4.69) is 35.9 Å². The van der Waals surface area contributed by atoms with Crippen molar-refractivity contribution in [2.45, 2.75) is 77.4 Å². The summed E-state index contributed by atoms with van der Waals surface area (Å²) in [7, 11) is 2.50. The Balaban J connectivity index is 0.980. The molecule has 2 aliphatic rings. The molecule has 8 rings (SSSR count). The Kier molecular flexibility index (Phi) is 15.5. The normalized spacial score (nSPS) is 18.5. The monoisotopic (exact) mass is 988 g/mol. The van der Waals surface area contributed by atoms with Crippen LogP contribution in [0.1, 0.15) is 92.5 Å². The van der Waals surface area contributed by atoms with E-state index in [1.807, 2.05) is 76.2 Å². The number of H-pyrrole nitrogens is 2. The molecule has 4 N–H and O–H groups in total. The number of methoxy groups -OCH3 is 2. The van der Waals surface area contributed by atoms with E-state index in [0.29, 0.717) is 49.6 Å². The van der Waals surface area contributed by atoms with Gasteiger partial charge in [-0.2, -0.15) is 4.89 Å². The van der Waals surface area contributed by atoms with E-state index in [-0.39, 0.29) is 61.2 Å². The lowest BCUT2D eigenvalue weighted by molar-refractivity contribution is -0.229. The number of nitrogens with zero attached hydrogens (tertiary/aromatic N) is 10. The first-order chi connectivity index (χ1) is 34.8. The van der Waals surface area contributed by atoms with Gasteiger partial charge in [0.1, 0.15) is 36.6 Å². The molecule has 0 unspecified atom stereocenters. The van der Waals surface area contributed by atoms with Crippen LogP contribution in [0.25, 0.3) is 33.6 Å². The molecule has 2 fully saturated rings. The minimum atomic E-state index is -0.883. The average molecular weight is 989 g/mol. The van der Waals surface area contributed by atoms with Gasteiger partial charge in [0.2, 0.25) is 18.2 Å². The molecule has 0 bridgehead atoms. The van der Waals surface area contributed by atoms with E-state index >= 15 is 0 Å². The molecular weight excluding hydrogens is 933 g/mol. The Hall–Kier alpha value is -8.28. The molecule has 6 aromatic rings. The quantitative estimate of drug-likeness (QED) is 0.0114. The summed E-state index contributed by atoms with van der Waals surface area (Å²) in [5.41, 5.74) is 5.69. The SMILES string of the molecule is COC(=O)N[C@H](C(=O)N1C[C@H](n2cc(C(=O)OC)nn2)C[C@H]1c1ncc(-c2ccc(-c3ccc(-c4cnc([C@@H]5C[C@@H](n6cc(COC=O)nn6)CN5C(=O)[C@@H](COOC=N)C(C)C)[nH]4)cc3)cc2)[nH]1)C(C)C. The van der Waals surface area contributed by atoms with Crippen LogP contribution in [0.5, 0.6) is 0 Å². The number of carbonyl (C=O) groups excluding carboxylic acids is 5. The zero-order valence-corrected chi connectivity index (χ0v) is 40.5. The van der Waals surface area contributed by atoms with Gasteiger partial charge in [0.05, 0.1) is 80.5 Å². The number of esters is 1. The number of likely N-dealkylation sites (tertiary alicyclic amines) is 2. The van der Waals surface area contributed by atoms with Crippen molar-refractivity contribution in [2.24, 2.45) is 17.8 Å². The topological polar surface area (TPSA) is 293 Å². The molecule has 2 aromatic carbocycles. The molecule has 72 heavy (non-hydrogen) atoms. The van der Waals surface area contributed by atoms with Crippen LogP contribution in [-0.4, -0.2) is 136 Å². The number of aromatic nitrogens is 10. The van der Waals surface area contributed by atoms with Crippen molar-refractivity contribution in [2.75, 3.05) is 33.9 Å². The first kappa shape index (κ1) is 50.1. The van der Waals surface area contributed by atoms with Gasteiger partial charge < -0.3 is 44.2 Å². The smallest absolute Gasteiger partial charge is 0.407 e. The van der Waals surface area contributed by atoms with Crippen LogP contribution >= 0.6 is 0 Å². The van der Waals surface area contributed by atoms with Gasteiger partial charge in [-0.1, -0.05) is 86.7 Å². The number of rotatable bonds is 20. The first-order valence-corrected chi connectivity index (χ1v) is 23.3. The van der Waals surface area contributed by atoms with Crippen LogP contribution in [0.4, 0.5) is 4.79 Å². The lowest BCUT2D eigenvalue weighted by Crippen LogP contribution is -2.51. The molecule has 0 saturated carbocycles. The van der Waals surface area contributed by atoms with Gasteiger partial charge in [0.25, 0.3) is 6.47 Å². The van der Waals surface area contributed by atoms with Crippen molar-refractivity contribution in [3.05, 3.63) is 96.4 Å². The largest absolute Gasteiger partial charge is 0.464 e. The van der Waals surface area contributed by atoms with Gasteiger partial charge in [-0.15, -0.1) is 10.2 Å². The third-order valence-electron chi connectivity index (χ3n) is 13.1. The molecule has 0 spiro atoms. The van der Waals surface area contributed by atoms with Crippen molar-refractivity contribution < 1.29 is 48.0 Å². The summed E-state index contributed by atoms with van der Waals surface area (Å²) in [5.74, 6) is -0.920. The van der Waals surface area contributed by atoms with Crippen molar-refractivity contribution in [1.29, 1.82) is 5.41 Å².